The predicted molar refractivity (Wildman–Crippen MR) is 123 cm³/mol. The summed E-state index contributed by atoms with van der Waals surface area (Å²) in [6.07, 6.45) is 2.42. The fourth-order valence-electron chi connectivity index (χ4n) is 5.37. The largest absolute Gasteiger partial charge is 0.349 e. The van der Waals surface area contributed by atoms with Crippen molar-refractivity contribution < 1.29 is 9.59 Å². The molecular formula is C25H29N5O2. The van der Waals surface area contributed by atoms with Crippen molar-refractivity contribution in [2.24, 2.45) is 7.05 Å². The van der Waals surface area contributed by atoms with Crippen LogP contribution in [0.1, 0.15) is 36.6 Å². The number of benzene rings is 2. The van der Waals surface area contributed by atoms with Crippen LogP contribution < -0.4 is 10.6 Å². The number of aryl methyl sites for hydroxylation is 1. The Morgan fingerprint density at radius 3 is 2.75 bits per heavy atom. The third kappa shape index (κ3) is 3.88. The average molecular weight is 432 g/mol. The van der Waals surface area contributed by atoms with Crippen LogP contribution in [0.3, 0.4) is 0 Å². The molecule has 2 saturated heterocycles. The third-order valence-corrected chi connectivity index (χ3v) is 6.92. The van der Waals surface area contributed by atoms with Crippen LogP contribution in [-0.4, -0.2) is 51.4 Å². The molecule has 5 rings (SSSR count). The van der Waals surface area contributed by atoms with E-state index in [2.05, 4.69) is 32.7 Å². The second kappa shape index (κ2) is 8.39. The molecule has 32 heavy (non-hydrogen) atoms. The normalized spacial score (nSPS) is 23.5. The van der Waals surface area contributed by atoms with Gasteiger partial charge in [0.1, 0.15) is 5.82 Å². The van der Waals surface area contributed by atoms with Crippen LogP contribution in [-0.2, 0) is 23.2 Å². The molecule has 0 aliphatic carbocycles. The topological polar surface area (TPSA) is 79.3 Å². The van der Waals surface area contributed by atoms with Crippen molar-refractivity contribution in [1.82, 2.24) is 25.1 Å². The van der Waals surface area contributed by atoms with Crippen molar-refractivity contribution in [1.29, 1.82) is 0 Å². The maximum absolute atomic E-state index is 12.8. The second-order valence-corrected chi connectivity index (χ2v) is 9.04. The molecule has 7 heteroatoms. The summed E-state index contributed by atoms with van der Waals surface area (Å²) >= 11 is 0. The molecule has 3 aromatic rings. The number of fused-ring (bicyclic) bond motifs is 1. The monoisotopic (exact) mass is 431 g/mol. The van der Waals surface area contributed by atoms with Crippen molar-refractivity contribution in [2.75, 3.05) is 19.6 Å². The highest BCUT2D eigenvalue weighted by Gasteiger charge is 2.49. The van der Waals surface area contributed by atoms with Crippen LogP contribution in [0.4, 0.5) is 0 Å². The van der Waals surface area contributed by atoms with Gasteiger partial charge in [-0.2, -0.15) is 0 Å². The minimum absolute atomic E-state index is 0.0250. The molecule has 0 radical (unpaired) electrons. The molecule has 0 unspecified atom stereocenters. The van der Waals surface area contributed by atoms with E-state index >= 15 is 0 Å². The Labute approximate surface area is 187 Å². The van der Waals surface area contributed by atoms with Crippen LogP contribution in [0.25, 0.3) is 11.0 Å². The molecule has 0 saturated carbocycles. The van der Waals surface area contributed by atoms with E-state index in [4.69, 9.17) is 0 Å². The Morgan fingerprint density at radius 2 is 1.97 bits per heavy atom. The van der Waals surface area contributed by atoms with E-state index < -0.39 is 0 Å². The van der Waals surface area contributed by atoms with Gasteiger partial charge >= 0.3 is 0 Å². The van der Waals surface area contributed by atoms with Crippen LogP contribution in [0.2, 0.25) is 0 Å². The smallest absolute Gasteiger partial charge is 0.234 e. The highest BCUT2D eigenvalue weighted by atomic mass is 16.2. The third-order valence-electron chi connectivity index (χ3n) is 6.92. The van der Waals surface area contributed by atoms with Gasteiger partial charge in [0.25, 0.3) is 0 Å². The number of imidazole rings is 1. The van der Waals surface area contributed by atoms with Gasteiger partial charge in [-0.1, -0.05) is 42.5 Å². The van der Waals surface area contributed by atoms with Gasteiger partial charge in [0.05, 0.1) is 29.7 Å². The lowest BCUT2D eigenvalue weighted by Crippen LogP contribution is -2.56. The molecule has 2 aromatic carbocycles. The van der Waals surface area contributed by atoms with Crippen LogP contribution in [0.15, 0.2) is 54.6 Å². The Balaban J connectivity index is 1.27. The summed E-state index contributed by atoms with van der Waals surface area (Å²) < 4.78 is 2.02. The zero-order valence-corrected chi connectivity index (χ0v) is 18.4. The second-order valence-electron chi connectivity index (χ2n) is 9.04. The molecule has 2 amide bonds. The molecule has 2 fully saturated rings. The summed E-state index contributed by atoms with van der Waals surface area (Å²) in [6, 6.07) is 18.3. The Bertz CT molecular complexity index is 1140. The quantitative estimate of drug-likeness (QED) is 0.650. The lowest BCUT2D eigenvalue weighted by atomic mass is 9.76. The molecule has 7 nitrogen and oxygen atoms in total. The number of para-hydroxylation sites is 2. The van der Waals surface area contributed by atoms with E-state index in [-0.39, 0.29) is 23.3 Å². The van der Waals surface area contributed by atoms with E-state index in [0.717, 1.165) is 36.2 Å². The summed E-state index contributed by atoms with van der Waals surface area (Å²) in [5.74, 6) is 1.10. The fourth-order valence-corrected chi connectivity index (χ4v) is 5.37. The number of nitrogens with one attached hydrogen (secondary N) is 2. The standard InChI is InChI=1S/C25H29N5O2/c1-29-21-11-6-5-10-20(21)27-22(29)14-26-24(32)16-30-15-19(18-8-3-2-4-9-18)25(17-30)13-7-12-23(31)28-25/h2-6,8-11,19H,7,12-17H2,1H3,(H,26,32)(H,28,31)/t19-,25+/m0/s1. The number of aromatic nitrogens is 2. The summed E-state index contributed by atoms with van der Waals surface area (Å²) in [4.78, 5) is 31.9. The van der Waals surface area contributed by atoms with Gasteiger partial charge in [0.15, 0.2) is 0 Å². The first-order chi connectivity index (χ1) is 15.5. The zero-order valence-electron chi connectivity index (χ0n) is 18.4. The molecule has 2 aliphatic rings. The van der Waals surface area contributed by atoms with Crippen LogP contribution in [0, 0.1) is 0 Å². The number of rotatable bonds is 5. The van der Waals surface area contributed by atoms with Gasteiger partial charge in [-0.15, -0.1) is 0 Å². The first-order valence-electron chi connectivity index (χ1n) is 11.3. The number of piperidine rings is 1. The number of likely N-dealkylation sites (tertiary alicyclic amines) is 1. The van der Waals surface area contributed by atoms with Crippen LogP contribution in [0.5, 0.6) is 0 Å². The number of amides is 2. The highest BCUT2D eigenvalue weighted by Crippen LogP contribution is 2.41. The molecule has 2 aliphatic heterocycles. The van der Waals surface area contributed by atoms with Gasteiger partial charge < -0.3 is 15.2 Å². The first-order valence-corrected chi connectivity index (χ1v) is 11.3. The molecule has 1 spiro atoms. The highest BCUT2D eigenvalue weighted by molar-refractivity contribution is 5.80. The van der Waals surface area contributed by atoms with E-state index in [1.54, 1.807) is 0 Å². The van der Waals surface area contributed by atoms with E-state index in [1.807, 2.05) is 54.1 Å². The molecular weight excluding hydrogens is 402 g/mol. The van der Waals surface area contributed by atoms with Crippen molar-refractivity contribution in [3.8, 4) is 0 Å². The van der Waals surface area contributed by atoms with E-state index in [1.165, 1.54) is 5.56 Å². The Kier molecular flexibility index (Phi) is 5.43. The minimum Gasteiger partial charge on any atom is -0.349 e. The number of nitrogens with zero attached hydrogens (tertiary/aromatic N) is 3. The van der Waals surface area contributed by atoms with Gasteiger partial charge in [-0.05, 0) is 30.5 Å². The number of hydrogen-bond acceptors (Lipinski definition) is 4. The SMILES string of the molecule is Cn1c(CNC(=O)CN2C[C@@H](c3ccccc3)[C@@]3(CCCC(=O)N3)C2)nc2ccccc21. The molecule has 0 bridgehead atoms. The minimum atomic E-state index is -0.297. The zero-order chi connectivity index (χ0) is 22.1. The fraction of sp³-hybridized carbons (Fsp3) is 0.400. The van der Waals surface area contributed by atoms with Gasteiger partial charge in [0.2, 0.25) is 11.8 Å². The van der Waals surface area contributed by atoms with E-state index in [0.29, 0.717) is 26.1 Å². The number of hydrogen-bond donors (Lipinski definition) is 2. The Morgan fingerprint density at radius 1 is 1.19 bits per heavy atom. The van der Waals surface area contributed by atoms with Crippen molar-refractivity contribution in [2.45, 2.75) is 37.3 Å². The van der Waals surface area contributed by atoms with Gasteiger partial charge in [0, 0.05) is 32.5 Å². The lowest BCUT2D eigenvalue weighted by molar-refractivity contribution is -0.125. The Hall–Kier alpha value is -3.19. The lowest BCUT2D eigenvalue weighted by Gasteiger charge is -2.39. The summed E-state index contributed by atoms with van der Waals surface area (Å²) in [6.45, 7) is 2.15. The predicted octanol–water partition coefficient (Wildman–Crippen LogP) is 2.33. The van der Waals surface area contributed by atoms with E-state index in [9.17, 15) is 9.59 Å². The summed E-state index contributed by atoms with van der Waals surface area (Å²) in [5, 5.41) is 6.33. The molecule has 2 atom stereocenters. The van der Waals surface area contributed by atoms with Crippen molar-refractivity contribution >= 4 is 22.8 Å². The van der Waals surface area contributed by atoms with Crippen LogP contribution >= 0.6 is 0 Å². The first kappa shape index (κ1) is 20.7. The maximum atomic E-state index is 12.8. The van der Waals surface area contributed by atoms with Gasteiger partial charge in [-0.3, -0.25) is 14.5 Å². The summed E-state index contributed by atoms with van der Waals surface area (Å²) in [7, 11) is 1.97. The molecule has 3 heterocycles. The van der Waals surface area contributed by atoms with Gasteiger partial charge in [-0.25, -0.2) is 4.98 Å². The molecule has 166 valence electrons. The van der Waals surface area contributed by atoms with Crippen molar-refractivity contribution in [3.05, 3.63) is 66.0 Å². The number of carbonyl (C=O) groups excluding carboxylic acids is 2. The molecule has 2 N–H and O–H groups in total. The summed E-state index contributed by atoms with van der Waals surface area (Å²) in [5.41, 5.74) is 2.91. The maximum Gasteiger partial charge on any atom is 0.234 e. The molecule has 1 aromatic heterocycles. The average Bonchev–Trinajstić information content (AvgIpc) is 3.30. The van der Waals surface area contributed by atoms with Crippen molar-refractivity contribution in [3.63, 3.8) is 0 Å². The number of carbonyl (C=O) groups is 2.